The van der Waals surface area contributed by atoms with E-state index in [1.54, 1.807) is 0 Å². The second-order valence-electron chi connectivity index (χ2n) is 1.88. The maximum absolute atomic E-state index is 12.7. The molecule has 2 nitrogen and oxygen atoms in total. The van der Waals surface area contributed by atoms with Crippen molar-refractivity contribution in [2.24, 2.45) is 5.73 Å². The van der Waals surface area contributed by atoms with Crippen LogP contribution in [0, 0.1) is 11.6 Å². The third-order valence-electron chi connectivity index (χ3n) is 1.18. The molecule has 6 heteroatoms. The molecule has 1 aromatic rings. The normalized spacial score (nSPS) is 9.33. The van der Waals surface area contributed by atoms with E-state index >= 15 is 0 Å². The molecule has 1 heterocycles. The Labute approximate surface area is 79.1 Å². The molecule has 12 heavy (non-hydrogen) atoms. The SMILES string of the molecule is Cl.NCc1ncc(F)c(Cl)c1F. The molecule has 0 amide bonds. The third kappa shape index (κ3) is 2.03. The highest BCUT2D eigenvalue weighted by Crippen LogP contribution is 2.19. The lowest BCUT2D eigenvalue weighted by Gasteiger charge is -1.99. The van der Waals surface area contributed by atoms with E-state index in [0.717, 1.165) is 6.20 Å². The molecule has 0 radical (unpaired) electrons. The van der Waals surface area contributed by atoms with Gasteiger partial charge >= 0.3 is 0 Å². The summed E-state index contributed by atoms with van der Waals surface area (Å²) in [6.45, 7) is -0.0914. The van der Waals surface area contributed by atoms with Crippen molar-refractivity contribution in [2.75, 3.05) is 0 Å². The fourth-order valence-corrected chi connectivity index (χ4v) is 0.780. The Morgan fingerprint density at radius 1 is 1.50 bits per heavy atom. The molecule has 0 fully saturated rings. The monoisotopic (exact) mass is 214 g/mol. The lowest BCUT2D eigenvalue weighted by atomic mass is 10.3. The van der Waals surface area contributed by atoms with Crippen LogP contribution in [0.2, 0.25) is 5.02 Å². The fraction of sp³-hybridized carbons (Fsp3) is 0.167. The van der Waals surface area contributed by atoms with Gasteiger partial charge in [0.2, 0.25) is 0 Å². The molecule has 68 valence electrons. The van der Waals surface area contributed by atoms with Crippen LogP contribution in [0.1, 0.15) is 5.69 Å². The van der Waals surface area contributed by atoms with Gasteiger partial charge in [-0.25, -0.2) is 8.78 Å². The summed E-state index contributed by atoms with van der Waals surface area (Å²) in [7, 11) is 0. The summed E-state index contributed by atoms with van der Waals surface area (Å²) in [5.74, 6) is -1.75. The molecule has 0 saturated carbocycles. The largest absolute Gasteiger partial charge is 0.325 e. The molecule has 0 bridgehead atoms. The average molecular weight is 215 g/mol. The van der Waals surface area contributed by atoms with E-state index in [0.29, 0.717) is 0 Å². The Bertz CT molecular complexity index is 280. The molecule has 0 spiro atoms. The van der Waals surface area contributed by atoms with Crippen LogP contribution in [0.3, 0.4) is 0 Å². The van der Waals surface area contributed by atoms with Gasteiger partial charge in [-0.1, -0.05) is 11.6 Å². The maximum atomic E-state index is 12.7. The zero-order valence-corrected chi connectivity index (χ0v) is 7.42. The van der Waals surface area contributed by atoms with Crippen LogP contribution in [-0.4, -0.2) is 4.98 Å². The smallest absolute Gasteiger partial charge is 0.167 e. The van der Waals surface area contributed by atoms with Crippen molar-refractivity contribution >= 4 is 24.0 Å². The minimum Gasteiger partial charge on any atom is -0.325 e. The van der Waals surface area contributed by atoms with E-state index < -0.39 is 16.7 Å². The minimum absolute atomic E-state index is 0. The number of halogens is 4. The molecule has 1 rings (SSSR count). The molecule has 0 aliphatic heterocycles. The zero-order valence-electron chi connectivity index (χ0n) is 5.85. The maximum Gasteiger partial charge on any atom is 0.167 e. The summed E-state index contributed by atoms with van der Waals surface area (Å²) in [6, 6.07) is 0. The van der Waals surface area contributed by atoms with E-state index in [4.69, 9.17) is 17.3 Å². The Morgan fingerprint density at radius 2 is 2.08 bits per heavy atom. The molecule has 0 saturated heterocycles. The van der Waals surface area contributed by atoms with Gasteiger partial charge < -0.3 is 5.73 Å². The molecular formula is C6H6Cl2F2N2. The Kier molecular flexibility index (Phi) is 4.37. The van der Waals surface area contributed by atoms with Crippen LogP contribution in [0.5, 0.6) is 0 Å². The molecular weight excluding hydrogens is 209 g/mol. The van der Waals surface area contributed by atoms with E-state index in [1.807, 2.05) is 0 Å². The van der Waals surface area contributed by atoms with Gasteiger partial charge in [-0.15, -0.1) is 12.4 Å². The van der Waals surface area contributed by atoms with Crippen LogP contribution in [0.15, 0.2) is 6.20 Å². The Hall–Kier alpha value is -0.450. The highest BCUT2D eigenvalue weighted by atomic mass is 35.5. The lowest BCUT2D eigenvalue weighted by molar-refractivity contribution is 0.559. The summed E-state index contributed by atoms with van der Waals surface area (Å²) in [4.78, 5) is 3.40. The first-order valence-electron chi connectivity index (χ1n) is 2.85. The summed E-state index contributed by atoms with van der Waals surface area (Å²) >= 11 is 5.22. The summed E-state index contributed by atoms with van der Waals surface area (Å²) in [5, 5.41) is -0.555. The second-order valence-corrected chi connectivity index (χ2v) is 2.26. The van der Waals surface area contributed by atoms with Crippen molar-refractivity contribution in [3.8, 4) is 0 Å². The van der Waals surface area contributed by atoms with Crippen molar-refractivity contribution in [3.05, 3.63) is 28.5 Å². The highest BCUT2D eigenvalue weighted by molar-refractivity contribution is 6.30. The van der Waals surface area contributed by atoms with Crippen LogP contribution < -0.4 is 5.73 Å². The number of nitrogens with two attached hydrogens (primary N) is 1. The average Bonchev–Trinajstić information content (AvgIpc) is 2.01. The first-order valence-corrected chi connectivity index (χ1v) is 3.23. The van der Waals surface area contributed by atoms with Crippen molar-refractivity contribution in [1.82, 2.24) is 4.98 Å². The summed E-state index contributed by atoms with van der Waals surface area (Å²) in [6.07, 6.45) is 0.841. The van der Waals surface area contributed by atoms with Crippen molar-refractivity contribution in [2.45, 2.75) is 6.54 Å². The van der Waals surface area contributed by atoms with Gasteiger partial charge in [-0.05, 0) is 0 Å². The van der Waals surface area contributed by atoms with Crippen molar-refractivity contribution in [3.63, 3.8) is 0 Å². The van der Waals surface area contributed by atoms with E-state index in [2.05, 4.69) is 4.98 Å². The quantitative estimate of drug-likeness (QED) is 0.776. The van der Waals surface area contributed by atoms with Crippen molar-refractivity contribution in [1.29, 1.82) is 0 Å². The van der Waals surface area contributed by atoms with Gasteiger partial charge in [0.05, 0.1) is 11.9 Å². The second kappa shape index (κ2) is 4.54. The van der Waals surface area contributed by atoms with Gasteiger partial charge in [0, 0.05) is 6.54 Å². The van der Waals surface area contributed by atoms with Crippen LogP contribution >= 0.6 is 24.0 Å². The number of hydrogen-bond acceptors (Lipinski definition) is 2. The molecule has 0 aromatic carbocycles. The van der Waals surface area contributed by atoms with Crippen LogP contribution in [0.4, 0.5) is 8.78 Å². The first-order chi connectivity index (χ1) is 5.16. The predicted octanol–water partition coefficient (Wildman–Crippen LogP) is 1.89. The van der Waals surface area contributed by atoms with Gasteiger partial charge in [0.1, 0.15) is 5.02 Å². The molecule has 0 atom stereocenters. The zero-order chi connectivity index (χ0) is 8.43. The van der Waals surface area contributed by atoms with Crippen molar-refractivity contribution < 1.29 is 8.78 Å². The summed E-state index contributed by atoms with van der Waals surface area (Å²) in [5.41, 5.74) is 5.05. The van der Waals surface area contributed by atoms with Crippen LogP contribution in [-0.2, 0) is 6.54 Å². The van der Waals surface area contributed by atoms with E-state index in [9.17, 15) is 8.78 Å². The molecule has 0 unspecified atom stereocenters. The van der Waals surface area contributed by atoms with Gasteiger partial charge in [-0.2, -0.15) is 0 Å². The van der Waals surface area contributed by atoms with E-state index in [-0.39, 0.29) is 24.6 Å². The Morgan fingerprint density at radius 3 is 2.58 bits per heavy atom. The highest BCUT2D eigenvalue weighted by Gasteiger charge is 2.10. The molecule has 0 aliphatic carbocycles. The molecule has 1 aromatic heterocycles. The van der Waals surface area contributed by atoms with E-state index in [1.165, 1.54) is 0 Å². The topological polar surface area (TPSA) is 38.9 Å². The minimum atomic E-state index is -0.880. The number of pyridine rings is 1. The third-order valence-corrected chi connectivity index (χ3v) is 1.53. The van der Waals surface area contributed by atoms with Gasteiger partial charge in [0.15, 0.2) is 11.6 Å². The van der Waals surface area contributed by atoms with Crippen LogP contribution in [0.25, 0.3) is 0 Å². The number of aromatic nitrogens is 1. The first kappa shape index (κ1) is 11.6. The van der Waals surface area contributed by atoms with Gasteiger partial charge in [0.25, 0.3) is 0 Å². The number of hydrogen-bond donors (Lipinski definition) is 1. The summed E-state index contributed by atoms with van der Waals surface area (Å²) < 4.78 is 25.2. The van der Waals surface area contributed by atoms with Gasteiger partial charge in [-0.3, -0.25) is 4.98 Å². The fourth-order valence-electron chi connectivity index (χ4n) is 0.622. The standard InChI is InChI=1S/C6H5ClF2N2.ClH/c7-5-3(8)2-11-4(1-10)6(5)9;/h2H,1,10H2;1H. The molecule has 2 N–H and O–H groups in total. The Balaban J connectivity index is 0.00000121. The predicted molar refractivity (Wildman–Crippen MR) is 44.3 cm³/mol. The number of rotatable bonds is 1. The molecule has 0 aliphatic rings. The lowest BCUT2D eigenvalue weighted by Crippen LogP contribution is -2.04. The number of nitrogens with zero attached hydrogens (tertiary/aromatic N) is 1.